The molecule has 32 heavy (non-hydrogen) atoms. The number of ketones is 1. The molecule has 0 aromatic heterocycles. The lowest BCUT2D eigenvalue weighted by molar-refractivity contribution is -0.116. The Bertz CT molecular complexity index is 783. The van der Waals surface area contributed by atoms with Crippen LogP contribution < -0.4 is 0 Å². The van der Waals surface area contributed by atoms with E-state index in [1.54, 1.807) is 0 Å². The predicted molar refractivity (Wildman–Crippen MR) is 138 cm³/mol. The molecule has 0 radical (unpaired) electrons. The number of carbonyl (C=O) groups excluding carboxylic acids is 1. The summed E-state index contributed by atoms with van der Waals surface area (Å²) in [5.41, 5.74) is 6.27. The average molecular weight is 455 g/mol. The Kier molecular flexibility index (Phi) is 8.25. The van der Waals surface area contributed by atoms with E-state index in [0.717, 1.165) is 32.3 Å². The van der Waals surface area contributed by atoms with Crippen molar-refractivity contribution in [1.29, 1.82) is 0 Å². The highest BCUT2D eigenvalue weighted by Crippen LogP contribution is 2.51. The second-order valence-corrected chi connectivity index (χ2v) is 17.1. The summed E-state index contributed by atoms with van der Waals surface area (Å²) in [5, 5.41) is 0. The number of carbonyl (C=O) groups is 1. The zero-order chi connectivity index (χ0) is 23.5. The summed E-state index contributed by atoms with van der Waals surface area (Å²) in [7, 11) is -1.82. The van der Waals surface area contributed by atoms with Crippen LogP contribution in [0.15, 0.2) is 35.9 Å². The first-order valence-corrected chi connectivity index (χ1v) is 15.2. The molecule has 3 rings (SSSR count). The second kappa shape index (κ2) is 10.4. The molecule has 0 bridgehead atoms. The molecular weight excluding hydrogens is 408 g/mol. The minimum atomic E-state index is -1.82. The maximum absolute atomic E-state index is 11.9. The van der Waals surface area contributed by atoms with E-state index in [9.17, 15) is 4.79 Å². The number of rotatable bonds is 9. The molecule has 0 spiro atoms. The Morgan fingerprint density at radius 3 is 2.16 bits per heavy atom. The molecule has 0 amide bonds. The third-order valence-electron chi connectivity index (χ3n) is 8.86. The van der Waals surface area contributed by atoms with E-state index in [4.69, 9.17) is 4.43 Å². The van der Waals surface area contributed by atoms with Gasteiger partial charge >= 0.3 is 0 Å². The Hall–Kier alpha value is -1.19. The van der Waals surface area contributed by atoms with Crippen LogP contribution in [0.3, 0.4) is 0 Å². The molecule has 2 aliphatic carbocycles. The van der Waals surface area contributed by atoms with Crippen LogP contribution in [0, 0.1) is 11.3 Å². The van der Waals surface area contributed by atoms with Gasteiger partial charge in [0.2, 0.25) is 8.32 Å². The molecule has 1 fully saturated rings. The summed E-state index contributed by atoms with van der Waals surface area (Å²) < 4.78 is 6.78. The first kappa shape index (κ1) is 25.4. The molecular formula is C29H46O2Si. The van der Waals surface area contributed by atoms with Gasteiger partial charge in [-0.25, -0.2) is 0 Å². The van der Waals surface area contributed by atoms with Gasteiger partial charge in [-0.2, -0.15) is 0 Å². The highest BCUT2D eigenvalue weighted by Gasteiger charge is 2.45. The fourth-order valence-corrected chi connectivity index (χ4v) is 12.4. The molecule has 1 aromatic carbocycles. The molecule has 1 saturated carbocycles. The molecule has 2 nitrogen and oxygen atoms in total. The van der Waals surface area contributed by atoms with Gasteiger partial charge in [-0.15, -0.1) is 0 Å². The highest BCUT2D eigenvalue weighted by atomic mass is 28.4. The zero-order valence-corrected chi connectivity index (χ0v) is 22.7. The highest BCUT2D eigenvalue weighted by molar-refractivity contribution is 6.77. The summed E-state index contributed by atoms with van der Waals surface area (Å²) >= 11 is 0. The standard InChI is InChI=1S/C29H46O2Si/c1-21(2)32(22(3)4,23(5)6)31-20-25-13-11-24(12-14-25)15-16-26-9-8-10-27-19-28(30)17-18-29(26,27)7/h11-14,19,21-23,26H,8-10,15-18,20H2,1-7H3. The van der Waals surface area contributed by atoms with Gasteiger partial charge in [-0.05, 0) is 83.7 Å². The van der Waals surface area contributed by atoms with Gasteiger partial charge in [0, 0.05) is 6.42 Å². The minimum absolute atomic E-state index is 0.248. The number of hydrogen-bond donors (Lipinski definition) is 0. The predicted octanol–water partition coefficient (Wildman–Crippen LogP) is 8.41. The first-order valence-electron chi connectivity index (χ1n) is 13.0. The smallest absolute Gasteiger partial charge is 0.200 e. The number of benzene rings is 1. The van der Waals surface area contributed by atoms with Crippen molar-refractivity contribution in [1.82, 2.24) is 0 Å². The Balaban J connectivity index is 1.60. The van der Waals surface area contributed by atoms with Crippen molar-refractivity contribution in [2.24, 2.45) is 11.3 Å². The van der Waals surface area contributed by atoms with E-state index < -0.39 is 8.32 Å². The minimum Gasteiger partial charge on any atom is -0.412 e. The van der Waals surface area contributed by atoms with E-state index >= 15 is 0 Å². The SMILES string of the molecule is CC(C)[Si](OCc1ccc(CCC2CCCC3=CC(=O)CCC32C)cc1)(C(C)C)C(C)C. The molecule has 2 unspecified atom stereocenters. The lowest BCUT2D eigenvalue weighted by Crippen LogP contribution is -2.47. The van der Waals surface area contributed by atoms with Crippen LogP contribution in [0.2, 0.25) is 16.6 Å². The van der Waals surface area contributed by atoms with Gasteiger partial charge in [-0.3, -0.25) is 4.79 Å². The lowest BCUT2D eigenvalue weighted by atomic mass is 9.59. The second-order valence-electron chi connectivity index (χ2n) is 11.6. The van der Waals surface area contributed by atoms with Crippen molar-refractivity contribution in [2.75, 3.05) is 0 Å². The van der Waals surface area contributed by atoms with E-state index in [2.05, 4.69) is 72.7 Å². The van der Waals surface area contributed by atoms with Crippen LogP contribution in [-0.2, 0) is 22.2 Å². The molecule has 0 saturated heterocycles. The monoisotopic (exact) mass is 454 g/mol. The molecule has 2 atom stereocenters. The van der Waals surface area contributed by atoms with Crippen molar-refractivity contribution in [3.05, 3.63) is 47.0 Å². The van der Waals surface area contributed by atoms with Gasteiger partial charge < -0.3 is 4.43 Å². The zero-order valence-electron chi connectivity index (χ0n) is 21.7. The van der Waals surface area contributed by atoms with Crippen LogP contribution in [0.1, 0.15) is 98.1 Å². The van der Waals surface area contributed by atoms with Gasteiger partial charge in [-0.1, -0.05) is 78.3 Å². The molecule has 178 valence electrons. The van der Waals surface area contributed by atoms with Gasteiger partial charge in [0.25, 0.3) is 0 Å². The Morgan fingerprint density at radius 1 is 0.969 bits per heavy atom. The van der Waals surface area contributed by atoms with E-state index in [0.29, 0.717) is 28.3 Å². The molecule has 2 aliphatic rings. The molecule has 0 aliphatic heterocycles. The summed E-state index contributed by atoms with van der Waals surface area (Å²) in [6.07, 6.45) is 9.79. The number of fused-ring (bicyclic) bond motifs is 1. The normalized spacial score (nSPS) is 24.2. The topological polar surface area (TPSA) is 26.3 Å². The average Bonchev–Trinajstić information content (AvgIpc) is 2.73. The van der Waals surface area contributed by atoms with Crippen LogP contribution in [-0.4, -0.2) is 14.1 Å². The van der Waals surface area contributed by atoms with Crippen LogP contribution in [0.4, 0.5) is 0 Å². The van der Waals surface area contributed by atoms with Crippen molar-refractivity contribution in [3.8, 4) is 0 Å². The van der Waals surface area contributed by atoms with Gasteiger partial charge in [0.15, 0.2) is 5.78 Å². The van der Waals surface area contributed by atoms with E-state index in [-0.39, 0.29) is 5.41 Å². The molecule has 0 N–H and O–H groups in total. The van der Waals surface area contributed by atoms with Crippen LogP contribution in [0.5, 0.6) is 0 Å². The number of aryl methyl sites for hydroxylation is 1. The maximum atomic E-state index is 11.9. The van der Waals surface area contributed by atoms with E-state index in [1.807, 2.05) is 6.08 Å². The third-order valence-corrected chi connectivity index (χ3v) is 14.9. The fourth-order valence-electron chi connectivity index (χ4n) is 6.97. The van der Waals surface area contributed by atoms with Gasteiger partial charge in [0.1, 0.15) is 0 Å². The lowest BCUT2D eigenvalue weighted by Gasteiger charge is -2.46. The number of hydrogen-bond acceptors (Lipinski definition) is 2. The number of allylic oxidation sites excluding steroid dienone is 2. The summed E-state index contributed by atoms with van der Waals surface area (Å²) in [6, 6.07) is 9.19. The van der Waals surface area contributed by atoms with Crippen LogP contribution in [0.25, 0.3) is 0 Å². The quantitative estimate of drug-likeness (QED) is 0.350. The van der Waals surface area contributed by atoms with Gasteiger partial charge in [0.05, 0.1) is 6.61 Å². The molecule has 3 heteroatoms. The van der Waals surface area contributed by atoms with Crippen molar-refractivity contribution >= 4 is 14.1 Å². The summed E-state index contributed by atoms with van der Waals surface area (Å²) in [5.74, 6) is 1.05. The Labute approximate surface area is 198 Å². The maximum Gasteiger partial charge on any atom is 0.200 e. The van der Waals surface area contributed by atoms with Crippen molar-refractivity contribution in [3.63, 3.8) is 0 Å². The summed E-state index contributed by atoms with van der Waals surface area (Å²) in [4.78, 5) is 11.9. The fraction of sp³-hybridized carbons (Fsp3) is 0.690. The summed E-state index contributed by atoms with van der Waals surface area (Å²) in [6.45, 7) is 17.3. The van der Waals surface area contributed by atoms with E-state index in [1.165, 1.54) is 36.0 Å². The molecule has 1 aromatic rings. The largest absolute Gasteiger partial charge is 0.412 e. The first-order chi connectivity index (χ1) is 15.1. The van der Waals surface area contributed by atoms with Crippen molar-refractivity contribution in [2.45, 2.75) is 117 Å². The Morgan fingerprint density at radius 2 is 1.56 bits per heavy atom. The van der Waals surface area contributed by atoms with Crippen LogP contribution >= 0.6 is 0 Å². The third kappa shape index (κ3) is 5.14. The van der Waals surface area contributed by atoms with Crippen molar-refractivity contribution < 1.29 is 9.22 Å². The molecule has 0 heterocycles.